The average Bonchev–Trinajstić information content (AvgIpc) is 2.77. The lowest BCUT2D eigenvalue weighted by molar-refractivity contribution is 0.171. The number of aryl methyl sites for hydroxylation is 1. The van der Waals surface area contributed by atoms with Gasteiger partial charge in [-0.1, -0.05) is 6.07 Å². The van der Waals surface area contributed by atoms with E-state index in [1.807, 2.05) is 25.1 Å². The summed E-state index contributed by atoms with van der Waals surface area (Å²) < 4.78 is 11.0. The minimum Gasteiger partial charge on any atom is -0.486 e. The summed E-state index contributed by atoms with van der Waals surface area (Å²) in [5.74, 6) is 3.91. The lowest BCUT2D eigenvalue weighted by Gasteiger charge is -2.19. The van der Waals surface area contributed by atoms with Crippen LogP contribution in [0.3, 0.4) is 0 Å². The number of pyridine rings is 1. The van der Waals surface area contributed by atoms with Crippen LogP contribution in [-0.4, -0.2) is 47.3 Å². The molecule has 0 fully saturated rings. The van der Waals surface area contributed by atoms with Crippen molar-refractivity contribution in [1.29, 1.82) is 0 Å². The molecule has 1 aliphatic rings. The maximum absolute atomic E-state index is 12.1. The van der Waals surface area contributed by atoms with Crippen LogP contribution in [0, 0.1) is 6.92 Å². The first-order chi connectivity index (χ1) is 15.2. The third-order valence-electron chi connectivity index (χ3n) is 4.28. The van der Waals surface area contributed by atoms with E-state index in [0.29, 0.717) is 66.8 Å². The standard InChI is InChI=1S/C21H23N7O3/c1-14-25-19(13-20(26-14)28-18-4-2-3-7-22-18)23-8-9-24-21(29)27-15-5-6-16-17(12-15)31-11-10-30-16/h2-7,12-13H,8-11H2,1H3,(H2,24,27,29)(H2,22,23,25,26,28). The number of nitrogens with one attached hydrogen (secondary N) is 4. The lowest BCUT2D eigenvalue weighted by atomic mass is 10.2. The number of ether oxygens (including phenoxy) is 2. The molecule has 0 bridgehead atoms. The van der Waals surface area contributed by atoms with Gasteiger partial charge in [-0.2, -0.15) is 0 Å². The van der Waals surface area contributed by atoms with Crippen LogP contribution >= 0.6 is 0 Å². The molecule has 4 rings (SSSR count). The molecule has 160 valence electrons. The molecule has 4 N–H and O–H groups in total. The van der Waals surface area contributed by atoms with E-state index < -0.39 is 0 Å². The summed E-state index contributed by atoms with van der Waals surface area (Å²) in [6.45, 7) is 3.74. The molecule has 0 aliphatic carbocycles. The van der Waals surface area contributed by atoms with Crippen molar-refractivity contribution in [3.8, 4) is 11.5 Å². The van der Waals surface area contributed by atoms with Gasteiger partial charge in [0.15, 0.2) is 11.5 Å². The quantitative estimate of drug-likeness (QED) is 0.430. The SMILES string of the molecule is Cc1nc(NCCNC(=O)Nc2ccc3c(c2)OCCO3)cc(Nc2ccccn2)n1. The van der Waals surface area contributed by atoms with Crippen LogP contribution in [-0.2, 0) is 0 Å². The van der Waals surface area contributed by atoms with E-state index in [9.17, 15) is 4.79 Å². The number of anilines is 4. The van der Waals surface area contributed by atoms with Crippen molar-refractivity contribution < 1.29 is 14.3 Å². The van der Waals surface area contributed by atoms with E-state index in [1.165, 1.54) is 0 Å². The van der Waals surface area contributed by atoms with Gasteiger partial charge in [0.05, 0.1) is 0 Å². The van der Waals surface area contributed by atoms with Crippen LogP contribution in [0.1, 0.15) is 5.82 Å². The van der Waals surface area contributed by atoms with Gasteiger partial charge in [-0.25, -0.2) is 19.7 Å². The maximum Gasteiger partial charge on any atom is 0.319 e. The zero-order valence-corrected chi connectivity index (χ0v) is 17.0. The number of carbonyl (C=O) groups is 1. The number of amides is 2. The molecule has 2 aromatic heterocycles. The second kappa shape index (κ2) is 9.61. The number of hydrogen-bond acceptors (Lipinski definition) is 8. The second-order valence-electron chi connectivity index (χ2n) is 6.69. The summed E-state index contributed by atoms with van der Waals surface area (Å²) in [4.78, 5) is 25.1. The Kier molecular flexibility index (Phi) is 6.26. The number of urea groups is 1. The topological polar surface area (TPSA) is 122 Å². The summed E-state index contributed by atoms with van der Waals surface area (Å²) in [5, 5.41) is 11.9. The average molecular weight is 421 g/mol. The molecule has 2 amide bonds. The van der Waals surface area contributed by atoms with Crippen molar-refractivity contribution in [2.45, 2.75) is 6.92 Å². The minimum atomic E-state index is -0.310. The van der Waals surface area contributed by atoms with Gasteiger partial charge in [0, 0.05) is 37.1 Å². The smallest absolute Gasteiger partial charge is 0.319 e. The third-order valence-corrected chi connectivity index (χ3v) is 4.28. The first-order valence-corrected chi connectivity index (χ1v) is 9.88. The number of fused-ring (bicyclic) bond motifs is 1. The summed E-state index contributed by atoms with van der Waals surface area (Å²) in [7, 11) is 0. The molecule has 1 aromatic carbocycles. The highest BCUT2D eigenvalue weighted by atomic mass is 16.6. The van der Waals surface area contributed by atoms with Crippen LogP contribution in [0.15, 0.2) is 48.7 Å². The fourth-order valence-corrected chi connectivity index (χ4v) is 2.95. The lowest BCUT2D eigenvalue weighted by Crippen LogP contribution is -2.32. The van der Waals surface area contributed by atoms with Gasteiger partial charge in [0.25, 0.3) is 0 Å². The third kappa shape index (κ3) is 5.72. The van der Waals surface area contributed by atoms with E-state index >= 15 is 0 Å². The molecule has 0 saturated carbocycles. The van der Waals surface area contributed by atoms with Gasteiger partial charge >= 0.3 is 6.03 Å². The molecular weight excluding hydrogens is 398 g/mol. The summed E-state index contributed by atoms with van der Waals surface area (Å²) >= 11 is 0. The number of benzene rings is 1. The number of hydrogen-bond donors (Lipinski definition) is 4. The zero-order valence-electron chi connectivity index (χ0n) is 17.0. The highest BCUT2D eigenvalue weighted by molar-refractivity contribution is 5.89. The molecule has 10 heteroatoms. The van der Waals surface area contributed by atoms with Gasteiger partial charge in [0.1, 0.15) is 36.5 Å². The molecule has 3 heterocycles. The first kappa shape index (κ1) is 20.2. The Morgan fingerprint density at radius 2 is 1.81 bits per heavy atom. The molecule has 10 nitrogen and oxygen atoms in total. The molecule has 0 saturated heterocycles. The zero-order chi connectivity index (χ0) is 21.5. The maximum atomic E-state index is 12.1. The molecule has 3 aromatic rings. The van der Waals surface area contributed by atoms with Crippen molar-refractivity contribution >= 4 is 29.2 Å². The van der Waals surface area contributed by atoms with Crippen molar-refractivity contribution in [3.63, 3.8) is 0 Å². The van der Waals surface area contributed by atoms with E-state index in [4.69, 9.17) is 9.47 Å². The highest BCUT2D eigenvalue weighted by Crippen LogP contribution is 2.32. The van der Waals surface area contributed by atoms with Crippen molar-refractivity contribution in [3.05, 3.63) is 54.5 Å². The summed E-state index contributed by atoms with van der Waals surface area (Å²) in [6, 6.07) is 12.4. The molecule has 31 heavy (non-hydrogen) atoms. The Hall–Kier alpha value is -4.08. The highest BCUT2D eigenvalue weighted by Gasteiger charge is 2.12. The van der Waals surface area contributed by atoms with Crippen LogP contribution in [0.5, 0.6) is 11.5 Å². The van der Waals surface area contributed by atoms with Gasteiger partial charge in [-0.15, -0.1) is 0 Å². The van der Waals surface area contributed by atoms with E-state index in [0.717, 1.165) is 0 Å². The van der Waals surface area contributed by atoms with Gasteiger partial charge < -0.3 is 30.7 Å². The van der Waals surface area contributed by atoms with E-state index in [2.05, 4.69) is 36.2 Å². The molecule has 0 unspecified atom stereocenters. The Morgan fingerprint density at radius 1 is 0.968 bits per heavy atom. The van der Waals surface area contributed by atoms with E-state index in [1.54, 1.807) is 30.5 Å². The Balaban J connectivity index is 1.24. The number of aromatic nitrogens is 3. The van der Waals surface area contributed by atoms with Crippen LogP contribution < -0.4 is 30.7 Å². The predicted molar refractivity (Wildman–Crippen MR) is 117 cm³/mol. The largest absolute Gasteiger partial charge is 0.486 e. The summed E-state index contributed by atoms with van der Waals surface area (Å²) in [5.41, 5.74) is 0.631. The van der Waals surface area contributed by atoms with Gasteiger partial charge in [0.2, 0.25) is 0 Å². The Morgan fingerprint density at radius 3 is 2.65 bits per heavy atom. The van der Waals surface area contributed by atoms with Gasteiger partial charge in [-0.05, 0) is 31.2 Å². The van der Waals surface area contributed by atoms with Crippen molar-refractivity contribution in [1.82, 2.24) is 20.3 Å². The van der Waals surface area contributed by atoms with Crippen LogP contribution in [0.2, 0.25) is 0 Å². The Labute approximate surface area is 179 Å². The predicted octanol–water partition coefficient (Wildman–Crippen LogP) is 2.93. The normalized spacial score (nSPS) is 12.0. The van der Waals surface area contributed by atoms with Crippen LogP contribution in [0.4, 0.5) is 27.9 Å². The number of nitrogens with zero attached hydrogens (tertiary/aromatic N) is 3. The first-order valence-electron chi connectivity index (χ1n) is 9.88. The fourth-order valence-electron chi connectivity index (χ4n) is 2.95. The molecule has 0 atom stereocenters. The Bertz CT molecular complexity index is 1050. The number of rotatable bonds is 7. The van der Waals surface area contributed by atoms with Gasteiger partial charge in [-0.3, -0.25) is 0 Å². The molecular formula is C21H23N7O3. The monoisotopic (exact) mass is 421 g/mol. The van der Waals surface area contributed by atoms with Crippen LogP contribution in [0.25, 0.3) is 0 Å². The second-order valence-corrected chi connectivity index (χ2v) is 6.69. The van der Waals surface area contributed by atoms with E-state index in [-0.39, 0.29) is 6.03 Å². The number of carbonyl (C=O) groups excluding carboxylic acids is 1. The molecule has 0 radical (unpaired) electrons. The fraction of sp³-hybridized carbons (Fsp3) is 0.238. The molecule has 1 aliphatic heterocycles. The minimum absolute atomic E-state index is 0.310. The van der Waals surface area contributed by atoms with Crippen molar-refractivity contribution in [2.75, 3.05) is 42.3 Å². The molecule has 0 spiro atoms. The van der Waals surface area contributed by atoms with Crippen molar-refractivity contribution in [2.24, 2.45) is 0 Å². The summed E-state index contributed by atoms with van der Waals surface area (Å²) in [6.07, 6.45) is 1.71.